The molecule has 1 atom stereocenters. The van der Waals surface area contributed by atoms with E-state index < -0.39 is 0 Å². The van der Waals surface area contributed by atoms with Crippen molar-refractivity contribution in [3.63, 3.8) is 0 Å². The molecule has 138 valence electrons. The van der Waals surface area contributed by atoms with Crippen LogP contribution in [0.1, 0.15) is 52.4 Å². The maximum atomic E-state index is 11.0. The van der Waals surface area contributed by atoms with Crippen molar-refractivity contribution in [1.82, 2.24) is 10.6 Å². The Labute approximate surface area is 157 Å². The predicted octanol–water partition coefficient (Wildman–Crippen LogP) is 2.30. The molecular formula is C16H34IN3O3. The van der Waals surface area contributed by atoms with E-state index in [0.29, 0.717) is 12.3 Å². The molecular weight excluding hydrogens is 409 g/mol. The van der Waals surface area contributed by atoms with E-state index in [-0.39, 0.29) is 36.6 Å². The van der Waals surface area contributed by atoms with Crippen molar-refractivity contribution in [2.45, 2.75) is 52.4 Å². The molecule has 0 amide bonds. The number of nitrogens with zero attached hydrogens (tertiary/aromatic N) is 1. The van der Waals surface area contributed by atoms with Crippen LogP contribution < -0.4 is 10.6 Å². The number of carbonyl (C=O) groups is 1. The molecule has 3 N–H and O–H groups in total. The molecule has 6 nitrogen and oxygen atoms in total. The van der Waals surface area contributed by atoms with Crippen molar-refractivity contribution < 1.29 is 14.6 Å². The van der Waals surface area contributed by atoms with E-state index in [1.54, 1.807) is 0 Å². The fraction of sp³-hybridized carbons (Fsp3) is 0.875. The first-order valence-electron chi connectivity index (χ1n) is 8.37. The van der Waals surface area contributed by atoms with E-state index >= 15 is 0 Å². The molecule has 23 heavy (non-hydrogen) atoms. The van der Waals surface area contributed by atoms with Gasteiger partial charge >= 0.3 is 5.97 Å². The fourth-order valence-electron chi connectivity index (χ4n) is 2.18. The van der Waals surface area contributed by atoms with Gasteiger partial charge in [-0.1, -0.05) is 13.3 Å². The summed E-state index contributed by atoms with van der Waals surface area (Å²) in [6, 6.07) is 0. The van der Waals surface area contributed by atoms with Crippen LogP contribution in [0.25, 0.3) is 0 Å². The Morgan fingerprint density at radius 1 is 1.22 bits per heavy atom. The van der Waals surface area contributed by atoms with E-state index in [4.69, 9.17) is 5.11 Å². The van der Waals surface area contributed by atoms with Crippen molar-refractivity contribution in [3.05, 3.63) is 0 Å². The minimum absolute atomic E-state index is 0. The number of unbranched alkanes of at least 4 members (excludes halogenated alkanes) is 1. The summed E-state index contributed by atoms with van der Waals surface area (Å²) in [6.07, 6.45) is 5.16. The van der Waals surface area contributed by atoms with Crippen molar-refractivity contribution in [2.24, 2.45) is 10.9 Å². The Balaban J connectivity index is 0. The molecule has 0 radical (unpaired) electrons. The second kappa shape index (κ2) is 17.8. The van der Waals surface area contributed by atoms with Crippen LogP contribution in [-0.2, 0) is 9.53 Å². The van der Waals surface area contributed by atoms with Gasteiger partial charge in [0.1, 0.15) is 0 Å². The van der Waals surface area contributed by atoms with Gasteiger partial charge in [0.25, 0.3) is 0 Å². The molecule has 0 fully saturated rings. The molecule has 0 saturated carbocycles. The summed E-state index contributed by atoms with van der Waals surface area (Å²) in [6.45, 7) is 6.72. The largest absolute Gasteiger partial charge is 0.469 e. The van der Waals surface area contributed by atoms with E-state index in [1.807, 2.05) is 6.92 Å². The number of hydrogen-bond donors (Lipinski definition) is 3. The maximum Gasteiger partial charge on any atom is 0.305 e. The number of carbonyl (C=O) groups excluding carboxylic acids is 1. The monoisotopic (exact) mass is 443 g/mol. The molecule has 0 aliphatic carbocycles. The molecule has 0 aliphatic heterocycles. The SMILES string of the molecule is CCCC(CCO)CN=C(NCC)NCCCCC(=O)OC.I. The lowest BCUT2D eigenvalue weighted by atomic mass is 10.0. The molecule has 0 saturated heterocycles. The maximum absolute atomic E-state index is 11.0. The minimum Gasteiger partial charge on any atom is -0.469 e. The molecule has 0 aliphatic rings. The van der Waals surface area contributed by atoms with Gasteiger partial charge in [-0.2, -0.15) is 0 Å². The fourth-order valence-corrected chi connectivity index (χ4v) is 2.18. The van der Waals surface area contributed by atoms with Gasteiger partial charge in [0.2, 0.25) is 0 Å². The standard InChI is InChI=1S/C16H33N3O3.HI/c1-4-8-14(10-12-20)13-19-16(17-5-2)18-11-7-6-9-15(21)22-3;/h14,20H,4-13H2,1-3H3,(H2,17,18,19);1H. The molecule has 0 spiro atoms. The number of esters is 1. The summed E-state index contributed by atoms with van der Waals surface area (Å²) in [4.78, 5) is 15.6. The van der Waals surface area contributed by atoms with Gasteiger partial charge in [-0.05, 0) is 38.5 Å². The van der Waals surface area contributed by atoms with Crippen LogP contribution in [0.2, 0.25) is 0 Å². The third kappa shape index (κ3) is 14.7. The number of ether oxygens (including phenoxy) is 1. The van der Waals surface area contributed by atoms with Gasteiger partial charge < -0.3 is 20.5 Å². The van der Waals surface area contributed by atoms with E-state index in [9.17, 15) is 4.79 Å². The zero-order valence-electron chi connectivity index (χ0n) is 14.8. The summed E-state index contributed by atoms with van der Waals surface area (Å²) in [5.74, 6) is 1.08. The first-order valence-corrected chi connectivity index (χ1v) is 8.37. The van der Waals surface area contributed by atoms with Gasteiger partial charge in [0.05, 0.1) is 7.11 Å². The first kappa shape index (κ1) is 24.7. The highest BCUT2D eigenvalue weighted by atomic mass is 127. The molecule has 0 heterocycles. The molecule has 0 aromatic carbocycles. The number of hydrogen-bond acceptors (Lipinski definition) is 4. The Hall–Kier alpha value is -0.570. The predicted molar refractivity (Wildman–Crippen MR) is 105 cm³/mol. The second-order valence-electron chi connectivity index (χ2n) is 5.35. The molecule has 0 rings (SSSR count). The van der Waals surface area contributed by atoms with Crippen molar-refractivity contribution in [2.75, 3.05) is 33.4 Å². The van der Waals surface area contributed by atoms with Gasteiger partial charge in [-0.25, -0.2) is 0 Å². The normalized spacial score (nSPS) is 12.3. The van der Waals surface area contributed by atoms with Crippen LogP contribution in [0.5, 0.6) is 0 Å². The van der Waals surface area contributed by atoms with E-state index in [1.165, 1.54) is 7.11 Å². The lowest BCUT2D eigenvalue weighted by Gasteiger charge is -2.15. The molecule has 7 heteroatoms. The van der Waals surface area contributed by atoms with Gasteiger partial charge in [0, 0.05) is 32.7 Å². The topological polar surface area (TPSA) is 83.0 Å². The number of guanidine groups is 1. The lowest BCUT2D eigenvalue weighted by Crippen LogP contribution is -2.38. The summed E-state index contributed by atoms with van der Waals surface area (Å²) in [5.41, 5.74) is 0. The van der Waals surface area contributed by atoms with Crippen LogP contribution in [0.4, 0.5) is 0 Å². The van der Waals surface area contributed by atoms with Crippen molar-refractivity contribution in [1.29, 1.82) is 0 Å². The molecule has 0 aromatic heterocycles. The number of aliphatic imine (C=N–C) groups is 1. The summed E-state index contributed by atoms with van der Waals surface area (Å²) >= 11 is 0. The Morgan fingerprint density at radius 2 is 1.96 bits per heavy atom. The van der Waals surface area contributed by atoms with E-state index in [0.717, 1.165) is 57.7 Å². The van der Waals surface area contributed by atoms with Gasteiger partial charge in [-0.15, -0.1) is 24.0 Å². The number of rotatable bonds is 12. The van der Waals surface area contributed by atoms with E-state index in [2.05, 4.69) is 27.3 Å². The van der Waals surface area contributed by atoms with Gasteiger partial charge in [0.15, 0.2) is 5.96 Å². The zero-order chi connectivity index (χ0) is 16.6. The number of aliphatic hydroxyl groups excluding tert-OH is 1. The molecule has 0 aromatic rings. The zero-order valence-corrected chi connectivity index (χ0v) is 17.1. The highest BCUT2D eigenvalue weighted by molar-refractivity contribution is 14.0. The van der Waals surface area contributed by atoms with Crippen LogP contribution in [-0.4, -0.2) is 50.4 Å². The molecule has 1 unspecified atom stereocenters. The average Bonchev–Trinajstić information content (AvgIpc) is 2.52. The first-order chi connectivity index (χ1) is 10.7. The number of aliphatic hydroxyl groups is 1. The van der Waals surface area contributed by atoms with Crippen molar-refractivity contribution in [3.8, 4) is 0 Å². The smallest absolute Gasteiger partial charge is 0.305 e. The highest BCUT2D eigenvalue weighted by Crippen LogP contribution is 2.10. The summed E-state index contributed by atoms with van der Waals surface area (Å²) in [5, 5.41) is 15.6. The van der Waals surface area contributed by atoms with Crippen LogP contribution in [0.3, 0.4) is 0 Å². The number of halogens is 1. The second-order valence-corrected chi connectivity index (χ2v) is 5.35. The highest BCUT2D eigenvalue weighted by Gasteiger charge is 2.07. The Bertz CT molecular complexity index is 309. The third-order valence-electron chi connectivity index (χ3n) is 3.41. The quantitative estimate of drug-likeness (QED) is 0.142. The van der Waals surface area contributed by atoms with Crippen LogP contribution in [0, 0.1) is 5.92 Å². The molecule has 0 bridgehead atoms. The van der Waals surface area contributed by atoms with Crippen LogP contribution in [0.15, 0.2) is 4.99 Å². The number of methoxy groups -OCH3 is 1. The Kier molecular flexibility index (Phi) is 19.1. The third-order valence-corrected chi connectivity index (χ3v) is 3.41. The average molecular weight is 443 g/mol. The van der Waals surface area contributed by atoms with Crippen molar-refractivity contribution >= 4 is 35.9 Å². The summed E-state index contributed by atoms with van der Waals surface area (Å²) in [7, 11) is 1.41. The minimum atomic E-state index is -0.160. The summed E-state index contributed by atoms with van der Waals surface area (Å²) < 4.78 is 4.61. The van der Waals surface area contributed by atoms with Gasteiger partial charge in [-0.3, -0.25) is 9.79 Å². The van der Waals surface area contributed by atoms with Crippen LogP contribution >= 0.6 is 24.0 Å². The lowest BCUT2D eigenvalue weighted by molar-refractivity contribution is -0.140. The Morgan fingerprint density at radius 3 is 2.52 bits per heavy atom. The number of nitrogens with one attached hydrogen (secondary N) is 2.